The maximum Gasteiger partial charge on any atom is 0.257 e. The summed E-state index contributed by atoms with van der Waals surface area (Å²) in [5.41, 5.74) is 0.880. The van der Waals surface area contributed by atoms with Crippen LogP contribution in [-0.2, 0) is 0 Å². The van der Waals surface area contributed by atoms with Crippen LogP contribution in [0.15, 0.2) is 36.7 Å². The summed E-state index contributed by atoms with van der Waals surface area (Å²) in [6.07, 6.45) is 2.92. The lowest BCUT2D eigenvalue weighted by molar-refractivity contribution is 0.102. The van der Waals surface area contributed by atoms with Crippen LogP contribution < -0.4 is 14.8 Å². The van der Waals surface area contributed by atoms with E-state index >= 15 is 0 Å². The Balaban J connectivity index is 2.26. The number of nitrogens with one attached hydrogen (secondary N) is 1. The molecule has 2 rings (SSSR count). The van der Waals surface area contributed by atoms with Gasteiger partial charge >= 0.3 is 0 Å². The third-order valence-electron chi connectivity index (χ3n) is 2.67. The molecule has 0 radical (unpaired) electrons. The molecule has 0 atom stereocenters. The second kappa shape index (κ2) is 6.25. The van der Waals surface area contributed by atoms with Crippen molar-refractivity contribution >= 4 is 23.2 Å². The zero-order valence-electron chi connectivity index (χ0n) is 11.0. The summed E-state index contributed by atoms with van der Waals surface area (Å²) in [5.74, 6) is 0.811. The highest BCUT2D eigenvalue weighted by atomic mass is 35.5. The summed E-state index contributed by atoms with van der Waals surface area (Å²) in [7, 11) is 3.08. The molecule has 0 saturated heterocycles. The number of carbonyl (C=O) groups is 1. The smallest absolute Gasteiger partial charge is 0.257 e. The van der Waals surface area contributed by atoms with Crippen LogP contribution in [0.3, 0.4) is 0 Å². The van der Waals surface area contributed by atoms with Crippen molar-refractivity contribution in [1.82, 2.24) is 4.98 Å². The maximum atomic E-state index is 12.1. The van der Waals surface area contributed by atoms with Crippen LogP contribution in [-0.4, -0.2) is 25.1 Å². The number of nitrogens with zero attached hydrogens (tertiary/aromatic N) is 1. The molecule has 20 heavy (non-hydrogen) atoms. The Kier molecular flexibility index (Phi) is 4.42. The Labute approximate surface area is 121 Å². The van der Waals surface area contributed by atoms with Gasteiger partial charge in [0.25, 0.3) is 5.91 Å². The predicted molar refractivity (Wildman–Crippen MR) is 76.7 cm³/mol. The van der Waals surface area contributed by atoms with Crippen molar-refractivity contribution in [3.63, 3.8) is 0 Å². The molecular weight excluding hydrogens is 280 g/mol. The molecule has 0 spiro atoms. The van der Waals surface area contributed by atoms with Gasteiger partial charge in [0.1, 0.15) is 11.5 Å². The molecule has 0 aliphatic carbocycles. The van der Waals surface area contributed by atoms with Crippen molar-refractivity contribution in [2.75, 3.05) is 19.5 Å². The van der Waals surface area contributed by atoms with Crippen LogP contribution >= 0.6 is 11.6 Å². The number of hydrogen-bond acceptors (Lipinski definition) is 4. The molecule has 104 valence electrons. The number of anilines is 1. The summed E-state index contributed by atoms with van der Waals surface area (Å²) < 4.78 is 10.3. The van der Waals surface area contributed by atoms with Crippen molar-refractivity contribution in [2.24, 2.45) is 0 Å². The molecular formula is C14H13ClN2O3. The number of hydrogen-bond donors (Lipinski definition) is 1. The molecule has 2 aromatic rings. The number of pyridine rings is 1. The van der Waals surface area contributed by atoms with E-state index in [1.807, 2.05) is 0 Å². The monoisotopic (exact) mass is 292 g/mol. The molecule has 0 bridgehead atoms. The number of amides is 1. The van der Waals surface area contributed by atoms with Crippen LogP contribution in [0.25, 0.3) is 0 Å². The number of rotatable bonds is 4. The van der Waals surface area contributed by atoms with E-state index in [1.165, 1.54) is 19.5 Å². The number of halogens is 1. The van der Waals surface area contributed by atoms with Gasteiger partial charge in [-0.1, -0.05) is 11.6 Å². The summed E-state index contributed by atoms with van der Waals surface area (Å²) in [4.78, 5) is 16.0. The van der Waals surface area contributed by atoms with Crippen LogP contribution in [0.2, 0.25) is 5.02 Å². The Morgan fingerprint density at radius 3 is 2.70 bits per heavy atom. The SMILES string of the molecule is COc1ccc(NC(=O)c2ccncc2Cl)c(OC)c1. The number of methoxy groups -OCH3 is 2. The summed E-state index contributed by atoms with van der Waals surface area (Å²) >= 11 is 5.93. The second-order valence-electron chi connectivity index (χ2n) is 3.88. The lowest BCUT2D eigenvalue weighted by Crippen LogP contribution is -2.13. The van der Waals surface area contributed by atoms with Crippen LogP contribution in [0.4, 0.5) is 5.69 Å². The minimum absolute atomic E-state index is 0.289. The normalized spacial score (nSPS) is 9.95. The van der Waals surface area contributed by atoms with E-state index in [4.69, 9.17) is 21.1 Å². The quantitative estimate of drug-likeness (QED) is 0.941. The van der Waals surface area contributed by atoms with Gasteiger partial charge in [-0.2, -0.15) is 0 Å². The molecule has 0 fully saturated rings. The summed E-state index contributed by atoms with van der Waals surface area (Å²) in [6.45, 7) is 0. The molecule has 0 aliphatic rings. The van der Waals surface area contributed by atoms with E-state index in [1.54, 1.807) is 31.4 Å². The van der Waals surface area contributed by atoms with Gasteiger partial charge in [0, 0.05) is 18.5 Å². The minimum Gasteiger partial charge on any atom is -0.497 e. The molecule has 6 heteroatoms. The standard InChI is InChI=1S/C14H13ClN2O3/c1-19-9-3-4-12(13(7-9)20-2)17-14(18)10-5-6-16-8-11(10)15/h3-8H,1-2H3,(H,17,18). The lowest BCUT2D eigenvalue weighted by atomic mass is 10.2. The first-order chi connectivity index (χ1) is 9.65. The minimum atomic E-state index is -0.333. The fraction of sp³-hybridized carbons (Fsp3) is 0.143. The Morgan fingerprint density at radius 2 is 2.05 bits per heavy atom. The third kappa shape index (κ3) is 3.00. The van der Waals surface area contributed by atoms with Crippen LogP contribution in [0.1, 0.15) is 10.4 Å². The highest BCUT2D eigenvalue weighted by Crippen LogP contribution is 2.29. The van der Waals surface area contributed by atoms with Gasteiger partial charge in [0.15, 0.2) is 0 Å². The summed E-state index contributed by atoms with van der Waals surface area (Å²) in [5, 5.41) is 3.03. The van der Waals surface area contributed by atoms with E-state index in [2.05, 4.69) is 10.3 Å². The van der Waals surface area contributed by atoms with Crippen LogP contribution in [0.5, 0.6) is 11.5 Å². The number of aromatic nitrogens is 1. The van der Waals surface area contributed by atoms with E-state index in [-0.39, 0.29) is 10.9 Å². The maximum absolute atomic E-state index is 12.1. The molecule has 1 aromatic heterocycles. The zero-order chi connectivity index (χ0) is 14.5. The van der Waals surface area contributed by atoms with Gasteiger partial charge in [-0.05, 0) is 18.2 Å². The molecule has 0 unspecified atom stereocenters. The molecule has 1 aromatic carbocycles. The average molecular weight is 293 g/mol. The largest absolute Gasteiger partial charge is 0.497 e. The van der Waals surface area contributed by atoms with E-state index < -0.39 is 0 Å². The van der Waals surface area contributed by atoms with Gasteiger partial charge in [-0.25, -0.2) is 0 Å². The Bertz CT molecular complexity index is 632. The van der Waals surface area contributed by atoms with E-state index in [9.17, 15) is 4.79 Å². The fourth-order valence-corrected chi connectivity index (χ4v) is 1.86. The first-order valence-electron chi connectivity index (χ1n) is 5.78. The van der Waals surface area contributed by atoms with Crippen molar-refractivity contribution in [1.29, 1.82) is 0 Å². The van der Waals surface area contributed by atoms with Crippen LogP contribution in [0, 0.1) is 0 Å². The van der Waals surface area contributed by atoms with Crippen molar-refractivity contribution < 1.29 is 14.3 Å². The second-order valence-corrected chi connectivity index (χ2v) is 4.28. The van der Waals surface area contributed by atoms with Gasteiger partial charge in [-0.15, -0.1) is 0 Å². The van der Waals surface area contributed by atoms with Gasteiger partial charge in [0.2, 0.25) is 0 Å². The topological polar surface area (TPSA) is 60.5 Å². The number of benzene rings is 1. The van der Waals surface area contributed by atoms with E-state index in [0.29, 0.717) is 22.7 Å². The average Bonchev–Trinajstić information content (AvgIpc) is 2.48. The molecule has 0 aliphatic heterocycles. The highest BCUT2D eigenvalue weighted by molar-refractivity contribution is 6.34. The van der Waals surface area contributed by atoms with Crippen molar-refractivity contribution in [2.45, 2.75) is 0 Å². The molecule has 1 N–H and O–H groups in total. The highest BCUT2D eigenvalue weighted by Gasteiger charge is 2.13. The molecule has 5 nitrogen and oxygen atoms in total. The zero-order valence-corrected chi connectivity index (χ0v) is 11.8. The fourth-order valence-electron chi connectivity index (χ4n) is 1.65. The van der Waals surface area contributed by atoms with E-state index in [0.717, 1.165) is 0 Å². The molecule has 0 saturated carbocycles. The van der Waals surface area contributed by atoms with Crippen molar-refractivity contribution in [3.8, 4) is 11.5 Å². The number of ether oxygens (including phenoxy) is 2. The lowest BCUT2D eigenvalue weighted by Gasteiger charge is -2.12. The number of carbonyl (C=O) groups excluding carboxylic acids is 1. The molecule has 1 amide bonds. The predicted octanol–water partition coefficient (Wildman–Crippen LogP) is 3.00. The third-order valence-corrected chi connectivity index (χ3v) is 2.98. The van der Waals surface area contributed by atoms with Gasteiger partial charge in [0.05, 0.1) is 30.5 Å². The molecule has 1 heterocycles. The summed E-state index contributed by atoms with van der Waals surface area (Å²) in [6, 6.07) is 6.66. The Morgan fingerprint density at radius 1 is 1.25 bits per heavy atom. The van der Waals surface area contributed by atoms with Gasteiger partial charge in [-0.3, -0.25) is 9.78 Å². The van der Waals surface area contributed by atoms with Crippen molar-refractivity contribution in [3.05, 3.63) is 47.2 Å². The first kappa shape index (κ1) is 14.1. The Hall–Kier alpha value is -2.27. The van der Waals surface area contributed by atoms with Gasteiger partial charge < -0.3 is 14.8 Å². The first-order valence-corrected chi connectivity index (χ1v) is 6.16.